The van der Waals surface area contributed by atoms with Gasteiger partial charge >= 0.3 is 0 Å². The zero-order chi connectivity index (χ0) is 14.5. The Morgan fingerprint density at radius 1 is 1.20 bits per heavy atom. The van der Waals surface area contributed by atoms with Crippen LogP contribution in [-0.2, 0) is 0 Å². The van der Waals surface area contributed by atoms with Gasteiger partial charge in [0.15, 0.2) is 0 Å². The summed E-state index contributed by atoms with van der Waals surface area (Å²) in [7, 11) is 1.42. The van der Waals surface area contributed by atoms with Crippen LogP contribution < -0.4 is 15.6 Å². The van der Waals surface area contributed by atoms with E-state index in [4.69, 9.17) is 4.74 Å². The van der Waals surface area contributed by atoms with E-state index in [1.165, 1.54) is 24.6 Å². The standard InChI is InChI=1S/C13H13N3O3S/c1-8-5-6-10(20-8)12(18)16-15-11(17)9-4-3-7-14-13(9)19-2/h3-7H,1-2H3,(H,15,17)(H,16,18). The van der Waals surface area contributed by atoms with Crippen molar-refractivity contribution in [2.75, 3.05) is 7.11 Å². The first-order chi connectivity index (χ1) is 9.61. The molecule has 0 saturated heterocycles. The van der Waals surface area contributed by atoms with E-state index < -0.39 is 5.91 Å². The molecule has 0 aliphatic rings. The lowest BCUT2D eigenvalue weighted by molar-refractivity contribution is 0.0846. The molecule has 20 heavy (non-hydrogen) atoms. The van der Waals surface area contributed by atoms with Crippen LogP contribution in [0.1, 0.15) is 24.9 Å². The predicted molar refractivity (Wildman–Crippen MR) is 74.8 cm³/mol. The maximum atomic E-state index is 11.9. The van der Waals surface area contributed by atoms with Crippen LogP contribution in [0.4, 0.5) is 0 Å². The lowest BCUT2D eigenvalue weighted by Gasteiger charge is -2.08. The van der Waals surface area contributed by atoms with Crippen molar-refractivity contribution in [3.63, 3.8) is 0 Å². The second-order valence-corrected chi connectivity index (χ2v) is 5.17. The predicted octanol–water partition coefficient (Wildman–Crippen LogP) is 1.53. The molecule has 0 radical (unpaired) electrons. The van der Waals surface area contributed by atoms with Crippen molar-refractivity contribution in [1.82, 2.24) is 15.8 Å². The minimum absolute atomic E-state index is 0.200. The number of carbonyl (C=O) groups is 2. The number of aryl methyl sites for hydroxylation is 1. The lowest BCUT2D eigenvalue weighted by atomic mass is 10.2. The molecule has 7 heteroatoms. The third-order valence-electron chi connectivity index (χ3n) is 2.46. The number of aromatic nitrogens is 1. The van der Waals surface area contributed by atoms with Crippen LogP contribution in [-0.4, -0.2) is 23.9 Å². The maximum Gasteiger partial charge on any atom is 0.279 e. The van der Waals surface area contributed by atoms with E-state index >= 15 is 0 Å². The van der Waals surface area contributed by atoms with Crippen molar-refractivity contribution < 1.29 is 14.3 Å². The van der Waals surface area contributed by atoms with Gasteiger partial charge in [0, 0.05) is 11.1 Å². The highest BCUT2D eigenvalue weighted by atomic mass is 32.1. The van der Waals surface area contributed by atoms with Crippen molar-refractivity contribution in [3.05, 3.63) is 45.8 Å². The molecule has 6 nitrogen and oxygen atoms in total. The number of rotatable bonds is 3. The van der Waals surface area contributed by atoms with Crippen LogP contribution in [0.15, 0.2) is 30.5 Å². The Labute approximate surface area is 119 Å². The van der Waals surface area contributed by atoms with Crippen LogP contribution in [0.3, 0.4) is 0 Å². The number of ether oxygens (including phenoxy) is 1. The molecule has 2 heterocycles. The Morgan fingerprint density at radius 3 is 2.60 bits per heavy atom. The number of carbonyl (C=O) groups excluding carboxylic acids is 2. The molecule has 2 N–H and O–H groups in total. The highest BCUT2D eigenvalue weighted by Gasteiger charge is 2.14. The molecule has 0 unspecified atom stereocenters. The van der Waals surface area contributed by atoms with Gasteiger partial charge in [0.2, 0.25) is 5.88 Å². The Morgan fingerprint density at radius 2 is 1.95 bits per heavy atom. The summed E-state index contributed by atoms with van der Waals surface area (Å²) in [5.41, 5.74) is 4.93. The van der Waals surface area contributed by atoms with Crippen molar-refractivity contribution in [2.24, 2.45) is 0 Å². The maximum absolute atomic E-state index is 11.9. The molecule has 0 fully saturated rings. The Kier molecular flexibility index (Phi) is 4.31. The van der Waals surface area contributed by atoms with Crippen molar-refractivity contribution in [3.8, 4) is 5.88 Å². The number of thiophene rings is 1. The fourth-order valence-electron chi connectivity index (χ4n) is 1.53. The van der Waals surface area contributed by atoms with Gasteiger partial charge in [0.25, 0.3) is 11.8 Å². The number of hydrazine groups is 1. The van der Waals surface area contributed by atoms with E-state index in [9.17, 15) is 9.59 Å². The molecule has 2 aromatic rings. The molecule has 0 aliphatic heterocycles. The van der Waals surface area contributed by atoms with Gasteiger partial charge in [-0.25, -0.2) is 4.98 Å². The first kappa shape index (κ1) is 14.0. The molecule has 104 valence electrons. The average Bonchev–Trinajstić information content (AvgIpc) is 2.91. The van der Waals surface area contributed by atoms with Crippen molar-refractivity contribution in [1.29, 1.82) is 0 Å². The normalized spacial score (nSPS) is 9.90. The van der Waals surface area contributed by atoms with Gasteiger partial charge in [-0.15, -0.1) is 11.3 Å². The highest BCUT2D eigenvalue weighted by molar-refractivity contribution is 7.13. The summed E-state index contributed by atoms with van der Waals surface area (Å²) in [5, 5.41) is 0. The first-order valence-electron chi connectivity index (χ1n) is 5.78. The summed E-state index contributed by atoms with van der Waals surface area (Å²) in [4.78, 5) is 29.2. The summed E-state index contributed by atoms with van der Waals surface area (Å²) >= 11 is 1.35. The first-order valence-corrected chi connectivity index (χ1v) is 6.59. The fraction of sp³-hybridized carbons (Fsp3) is 0.154. The van der Waals surface area contributed by atoms with Crippen LogP contribution in [0, 0.1) is 6.92 Å². The van der Waals surface area contributed by atoms with Gasteiger partial charge in [0.1, 0.15) is 5.56 Å². The van der Waals surface area contributed by atoms with Crippen LogP contribution in [0.25, 0.3) is 0 Å². The monoisotopic (exact) mass is 291 g/mol. The van der Waals surface area contributed by atoms with Crippen molar-refractivity contribution in [2.45, 2.75) is 6.92 Å². The Hall–Kier alpha value is -2.41. The summed E-state index contributed by atoms with van der Waals surface area (Å²) in [6, 6.07) is 6.71. The van der Waals surface area contributed by atoms with E-state index in [0.29, 0.717) is 4.88 Å². The van der Waals surface area contributed by atoms with Crippen molar-refractivity contribution >= 4 is 23.2 Å². The minimum Gasteiger partial charge on any atom is -0.480 e. The number of nitrogens with one attached hydrogen (secondary N) is 2. The summed E-state index contributed by atoms with van der Waals surface area (Å²) in [6.07, 6.45) is 1.52. The van der Waals surface area contributed by atoms with Crippen LogP contribution >= 0.6 is 11.3 Å². The summed E-state index contributed by atoms with van der Waals surface area (Å²) in [5.74, 6) is -0.651. The average molecular weight is 291 g/mol. The van der Waals surface area contributed by atoms with Gasteiger partial charge in [0.05, 0.1) is 12.0 Å². The second-order valence-electron chi connectivity index (χ2n) is 3.88. The molecule has 0 atom stereocenters. The number of pyridine rings is 1. The quantitative estimate of drug-likeness (QED) is 0.841. The molecule has 2 aromatic heterocycles. The molecule has 2 amide bonds. The zero-order valence-electron chi connectivity index (χ0n) is 11.0. The molecule has 0 spiro atoms. The number of methoxy groups -OCH3 is 1. The molecule has 0 bridgehead atoms. The highest BCUT2D eigenvalue weighted by Crippen LogP contribution is 2.15. The second kappa shape index (κ2) is 6.16. The van der Waals surface area contributed by atoms with Crippen LogP contribution in [0.2, 0.25) is 0 Å². The van der Waals surface area contributed by atoms with E-state index in [1.807, 2.05) is 13.0 Å². The smallest absolute Gasteiger partial charge is 0.279 e. The number of nitrogens with zero attached hydrogens (tertiary/aromatic N) is 1. The Bertz CT molecular complexity index is 639. The van der Waals surface area contributed by atoms with Gasteiger partial charge in [-0.3, -0.25) is 20.4 Å². The molecule has 0 aromatic carbocycles. The minimum atomic E-state index is -0.489. The largest absolute Gasteiger partial charge is 0.480 e. The van der Waals surface area contributed by atoms with E-state index in [2.05, 4.69) is 15.8 Å². The van der Waals surface area contributed by atoms with Gasteiger partial charge in [-0.1, -0.05) is 0 Å². The van der Waals surface area contributed by atoms with Gasteiger partial charge < -0.3 is 4.74 Å². The van der Waals surface area contributed by atoms with E-state index in [0.717, 1.165) is 4.88 Å². The van der Waals surface area contributed by atoms with Gasteiger partial charge in [-0.05, 0) is 31.2 Å². The topological polar surface area (TPSA) is 80.3 Å². The molecule has 0 aliphatic carbocycles. The SMILES string of the molecule is COc1ncccc1C(=O)NNC(=O)c1ccc(C)s1. The molecular formula is C13H13N3O3S. The third kappa shape index (κ3) is 3.12. The number of hydrogen-bond acceptors (Lipinski definition) is 5. The molecular weight excluding hydrogens is 278 g/mol. The summed E-state index contributed by atoms with van der Waals surface area (Å²) < 4.78 is 4.98. The number of amides is 2. The third-order valence-corrected chi connectivity index (χ3v) is 3.46. The number of hydrogen-bond donors (Lipinski definition) is 2. The van der Waals surface area contributed by atoms with E-state index in [-0.39, 0.29) is 17.4 Å². The van der Waals surface area contributed by atoms with Gasteiger partial charge in [-0.2, -0.15) is 0 Å². The summed E-state index contributed by atoms with van der Waals surface area (Å²) in [6.45, 7) is 1.90. The van der Waals surface area contributed by atoms with E-state index in [1.54, 1.807) is 18.2 Å². The fourth-order valence-corrected chi connectivity index (χ4v) is 2.29. The molecule has 2 rings (SSSR count). The van der Waals surface area contributed by atoms with Crippen LogP contribution in [0.5, 0.6) is 5.88 Å². The zero-order valence-corrected chi connectivity index (χ0v) is 11.8. The Balaban J connectivity index is 2.00. The molecule has 0 saturated carbocycles. The lowest BCUT2D eigenvalue weighted by Crippen LogP contribution is -2.41.